The van der Waals surface area contributed by atoms with E-state index in [0.29, 0.717) is 0 Å². The molecule has 5 rings (SSSR count). The average Bonchev–Trinajstić information content (AvgIpc) is 3.07. The van der Waals surface area contributed by atoms with Crippen molar-refractivity contribution in [3.05, 3.63) is 144 Å². The first-order chi connectivity index (χ1) is 21.4. The van der Waals surface area contributed by atoms with E-state index in [0.717, 1.165) is 0 Å². The third kappa shape index (κ3) is 7.35. The molecule has 44 heavy (non-hydrogen) atoms. The van der Waals surface area contributed by atoms with Crippen LogP contribution in [-0.4, -0.2) is 66.3 Å². The van der Waals surface area contributed by atoms with Gasteiger partial charge in [0.2, 0.25) is 0 Å². The van der Waals surface area contributed by atoms with Crippen molar-refractivity contribution in [2.75, 3.05) is 6.61 Å². The van der Waals surface area contributed by atoms with Crippen LogP contribution < -0.4 is 0 Å². The Labute approximate surface area is 252 Å². The fourth-order valence-corrected chi connectivity index (χ4v) is 4.54. The number of rotatable bonds is 9. The summed E-state index contributed by atoms with van der Waals surface area (Å²) < 4.78 is 28.4. The summed E-state index contributed by atoms with van der Waals surface area (Å²) in [6, 6.07) is 32.1. The van der Waals surface area contributed by atoms with Gasteiger partial charge in [0.25, 0.3) is 0 Å². The molecule has 4 aromatic rings. The van der Waals surface area contributed by atoms with Gasteiger partial charge in [-0.1, -0.05) is 72.8 Å². The molecule has 0 amide bonds. The summed E-state index contributed by atoms with van der Waals surface area (Å²) in [5.74, 6) is -3.21. The first-order valence-electron chi connectivity index (χ1n) is 13.7. The summed E-state index contributed by atoms with van der Waals surface area (Å²) in [5.41, 5.74) is 0.736. The second-order valence-corrected chi connectivity index (χ2v) is 9.74. The number of ether oxygens (including phenoxy) is 5. The predicted molar refractivity (Wildman–Crippen MR) is 155 cm³/mol. The lowest BCUT2D eigenvalue weighted by atomic mass is 9.97. The first kappa shape index (κ1) is 30.1. The molecule has 0 unspecified atom stereocenters. The summed E-state index contributed by atoms with van der Waals surface area (Å²) in [6.07, 6.45) is -7.89. The molecule has 1 heterocycles. The first-order valence-corrected chi connectivity index (χ1v) is 13.7. The monoisotopic (exact) mass is 596 g/mol. The van der Waals surface area contributed by atoms with E-state index in [1.165, 1.54) is 36.4 Å². The van der Waals surface area contributed by atoms with E-state index >= 15 is 0 Å². The van der Waals surface area contributed by atoms with Crippen molar-refractivity contribution in [2.24, 2.45) is 0 Å². The van der Waals surface area contributed by atoms with E-state index in [9.17, 15) is 24.3 Å². The molecular formula is C34H28O10. The van der Waals surface area contributed by atoms with Gasteiger partial charge in [-0.3, -0.25) is 0 Å². The number of hydrogen-bond donors (Lipinski definition) is 1. The fourth-order valence-electron chi connectivity index (χ4n) is 4.54. The van der Waals surface area contributed by atoms with E-state index < -0.39 is 61.2 Å². The summed E-state index contributed by atoms with van der Waals surface area (Å²) >= 11 is 0. The minimum Gasteiger partial charge on any atom is -0.459 e. The third-order valence-corrected chi connectivity index (χ3v) is 6.76. The highest BCUT2D eigenvalue weighted by Crippen LogP contribution is 2.30. The molecule has 0 spiro atoms. The van der Waals surface area contributed by atoms with Gasteiger partial charge in [-0.25, -0.2) is 19.2 Å². The van der Waals surface area contributed by atoms with Crippen LogP contribution >= 0.6 is 0 Å². The standard InChI is InChI=1S/C34H28O10/c35-30(22-13-5-1-6-14-22)40-21-26-27(42-31(36)23-15-7-2-8-16-23)28(43-32(37)24-17-9-3-10-18-24)29(34(39)41-26)44-33(38)25-19-11-4-12-20-25/h1-20,26-29,34,39H,21H2/t26-,27-,28-,29-,34-/m1/s1. The van der Waals surface area contributed by atoms with Crippen LogP contribution in [0.15, 0.2) is 121 Å². The molecule has 1 aliphatic rings. The van der Waals surface area contributed by atoms with E-state index in [-0.39, 0.29) is 22.3 Å². The second kappa shape index (κ2) is 14.2. The van der Waals surface area contributed by atoms with Crippen LogP contribution in [0, 0.1) is 0 Å². The molecule has 4 aromatic carbocycles. The van der Waals surface area contributed by atoms with Crippen molar-refractivity contribution < 1.29 is 48.0 Å². The molecule has 1 N–H and O–H groups in total. The Morgan fingerprint density at radius 3 is 1.25 bits per heavy atom. The topological polar surface area (TPSA) is 135 Å². The van der Waals surface area contributed by atoms with Crippen LogP contribution in [0.25, 0.3) is 0 Å². The maximum absolute atomic E-state index is 13.3. The van der Waals surface area contributed by atoms with Gasteiger partial charge in [0.1, 0.15) is 12.7 Å². The van der Waals surface area contributed by atoms with Gasteiger partial charge >= 0.3 is 23.9 Å². The molecule has 1 fully saturated rings. The Bertz CT molecular complexity index is 1560. The van der Waals surface area contributed by atoms with Crippen LogP contribution in [0.1, 0.15) is 41.4 Å². The Morgan fingerprint density at radius 1 is 0.500 bits per heavy atom. The van der Waals surface area contributed by atoms with E-state index in [1.807, 2.05) is 0 Å². The van der Waals surface area contributed by atoms with Crippen molar-refractivity contribution in [1.29, 1.82) is 0 Å². The maximum Gasteiger partial charge on any atom is 0.338 e. The van der Waals surface area contributed by atoms with Crippen molar-refractivity contribution in [1.82, 2.24) is 0 Å². The zero-order valence-electron chi connectivity index (χ0n) is 23.3. The van der Waals surface area contributed by atoms with Gasteiger partial charge in [-0.2, -0.15) is 0 Å². The van der Waals surface area contributed by atoms with Crippen molar-refractivity contribution in [3.63, 3.8) is 0 Å². The summed E-state index contributed by atoms with van der Waals surface area (Å²) in [6.45, 7) is -0.504. The molecule has 0 bridgehead atoms. The summed E-state index contributed by atoms with van der Waals surface area (Å²) in [7, 11) is 0. The van der Waals surface area contributed by atoms with Crippen LogP contribution in [0.2, 0.25) is 0 Å². The Hall–Kier alpha value is -5.32. The van der Waals surface area contributed by atoms with E-state index in [4.69, 9.17) is 23.7 Å². The molecule has 5 atom stereocenters. The largest absolute Gasteiger partial charge is 0.459 e. The Balaban J connectivity index is 1.48. The smallest absolute Gasteiger partial charge is 0.338 e. The Kier molecular flexibility index (Phi) is 9.75. The molecule has 10 heteroatoms. The van der Waals surface area contributed by atoms with Gasteiger partial charge in [0.05, 0.1) is 22.3 Å². The van der Waals surface area contributed by atoms with Crippen LogP contribution in [0.5, 0.6) is 0 Å². The summed E-state index contributed by atoms with van der Waals surface area (Å²) in [4.78, 5) is 52.3. The van der Waals surface area contributed by atoms with E-state index in [2.05, 4.69) is 0 Å². The van der Waals surface area contributed by atoms with Crippen LogP contribution in [-0.2, 0) is 23.7 Å². The number of esters is 4. The number of aliphatic hydroxyl groups excluding tert-OH is 1. The lowest BCUT2D eigenvalue weighted by Crippen LogP contribution is -2.62. The molecule has 10 nitrogen and oxygen atoms in total. The lowest BCUT2D eigenvalue weighted by Gasteiger charge is -2.42. The van der Waals surface area contributed by atoms with Crippen LogP contribution in [0.4, 0.5) is 0 Å². The quantitative estimate of drug-likeness (QED) is 0.221. The van der Waals surface area contributed by atoms with Crippen molar-refractivity contribution in [3.8, 4) is 0 Å². The number of carbonyl (C=O) groups excluding carboxylic acids is 4. The van der Waals surface area contributed by atoms with Gasteiger partial charge < -0.3 is 28.8 Å². The van der Waals surface area contributed by atoms with Gasteiger partial charge in [0, 0.05) is 0 Å². The maximum atomic E-state index is 13.3. The average molecular weight is 597 g/mol. The SMILES string of the molecule is O=C(OC[C@H]1O[C@@H](O)[C@H](OC(=O)c2ccccc2)[C@H](OC(=O)c2ccccc2)[C@@H]1OC(=O)c1ccccc1)c1ccccc1. The molecule has 1 aliphatic heterocycles. The molecule has 224 valence electrons. The van der Waals surface area contributed by atoms with Crippen molar-refractivity contribution >= 4 is 23.9 Å². The van der Waals surface area contributed by atoms with Gasteiger partial charge in [-0.05, 0) is 48.5 Å². The highest BCUT2D eigenvalue weighted by Gasteiger charge is 2.52. The second-order valence-electron chi connectivity index (χ2n) is 9.74. The highest BCUT2D eigenvalue weighted by molar-refractivity contribution is 5.91. The zero-order chi connectivity index (χ0) is 30.9. The predicted octanol–water partition coefficient (Wildman–Crippen LogP) is 4.24. The molecular weight excluding hydrogens is 568 g/mol. The third-order valence-electron chi connectivity index (χ3n) is 6.76. The zero-order valence-corrected chi connectivity index (χ0v) is 23.3. The van der Waals surface area contributed by atoms with Gasteiger partial charge in [0.15, 0.2) is 24.6 Å². The number of carbonyl (C=O) groups is 4. The van der Waals surface area contributed by atoms with Gasteiger partial charge in [-0.15, -0.1) is 0 Å². The number of hydrogen-bond acceptors (Lipinski definition) is 10. The molecule has 1 saturated heterocycles. The number of aliphatic hydroxyl groups is 1. The van der Waals surface area contributed by atoms with Crippen LogP contribution in [0.3, 0.4) is 0 Å². The minimum atomic E-state index is -1.86. The number of benzene rings is 4. The molecule has 0 aliphatic carbocycles. The molecule has 0 aromatic heterocycles. The van der Waals surface area contributed by atoms with E-state index in [1.54, 1.807) is 84.9 Å². The molecule has 0 radical (unpaired) electrons. The fraction of sp³-hybridized carbons (Fsp3) is 0.176. The highest BCUT2D eigenvalue weighted by atomic mass is 16.7. The molecule has 0 saturated carbocycles. The summed E-state index contributed by atoms with van der Waals surface area (Å²) in [5, 5.41) is 11.1. The normalized spacial score (nSPS) is 21.0. The van der Waals surface area contributed by atoms with Crippen molar-refractivity contribution in [2.45, 2.75) is 30.7 Å². The lowest BCUT2D eigenvalue weighted by molar-refractivity contribution is -0.284. The minimum absolute atomic E-state index is 0.154. The Morgan fingerprint density at radius 2 is 0.841 bits per heavy atom.